The maximum absolute atomic E-state index is 12.4. The van der Waals surface area contributed by atoms with Gasteiger partial charge in [-0.05, 0) is 50.6 Å². The van der Waals surface area contributed by atoms with E-state index in [9.17, 15) is 4.79 Å². The summed E-state index contributed by atoms with van der Waals surface area (Å²) in [5.41, 5.74) is 6.27. The number of benzene rings is 1. The van der Waals surface area contributed by atoms with Gasteiger partial charge >= 0.3 is 0 Å². The number of nitrogens with zero attached hydrogens (tertiary/aromatic N) is 3. The molecule has 3 aliphatic heterocycles. The molecule has 2 unspecified atom stereocenters. The highest BCUT2D eigenvalue weighted by atomic mass is 35.5. The van der Waals surface area contributed by atoms with Crippen LogP contribution >= 0.6 is 11.6 Å². The average Bonchev–Trinajstić information content (AvgIpc) is 3.35. The molecule has 2 saturated heterocycles. The number of hydrogen-bond donors (Lipinski definition) is 3. The minimum absolute atomic E-state index is 0.0743. The number of nitrogens with one attached hydrogen (secondary N) is 3. The zero-order chi connectivity index (χ0) is 20.0. The van der Waals surface area contributed by atoms with E-state index >= 15 is 0 Å². The van der Waals surface area contributed by atoms with Gasteiger partial charge in [0.15, 0.2) is 0 Å². The first-order valence-electron chi connectivity index (χ1n) is 9.96. The molecule has 8 nitrogen and oxygen atoms in total. The van der Waals surface area contributed by atoms with Gasteiger partial charge in [-0.15, -0.1) is 0 Å². The van der Waals surface area contributed by atoms with Gasteiger partial charge in [0.25, 0.3) is 0 Å². The SMILES string of the molecule is Cc1ccc(-c2noc(C3CNN4C(C5CCNCC5)=CC(=O)NC34)n2)c(Cl)c1. The van der Waals surface area contributed by atoms with Crippen LogP contribution in [0.2, 0.25) is 5.02 Å². The highest BCUT2D eigenvalue weighted by molar-refractivity contribution is 6.33. The van der Waals surface area contributed by atoms with Crippen LogP contribution in [0.4, 0.5) is 0 Å². The van der Waals surface area contributed by atoms with E-state index in [0.29, 0.717) is 29.2 Å². The van der Waals surface area contributed by atoms with Gasteiger partial charge in [-0.3, -0.25) is 9.80 Å². The number of allylic oxidation sites excluding steroid dienone is 1. The average molecular weight is 415 g/mol. The Morgan fingerprint density at radius 1 is 1.28 bits per heavy atom. The molecule has 4 heterocycles. The fraction of sp³-hybridized carbons (Fsp3) is 0.450. The van der Waals surface area contributed by atoms with Gasteiger partial charge in [-0.1, -0.05) is 22.8 Å². The summed E-state index contributed by atoms with van der Waals surface area (Å²) in [5.74, 6) is 1.09. The molecule has 1 aromatic carbocycles. The Morgan fingerprint density at radius 2 is 2.10 bits per heavy atom. The molecule has 0 aliphatic carbocycles. The second-order valence-corrected chi connectivity index (χ2v) is 8.23. The van der Waals surface area contributed by atoms with Gasteiger partial charge in [0.1, 0.15) is 6.17 Å². The normalized spacial score (nSPS) is 25.0. The quantitative estimate of drug-likeness (QED) is 0.706. The van der Waals surface area contributed by atoms with Gasteiger partial charge in [-0.2, -0.15) is 4.98 Å². The zero-order valence-electron chi connectivity index (χ0n) is 16.1. The molecule has 3 aliphatic rings. The topological polar surface area (TPSA) is 95.3 Å². The maximum atomic E-state index is 12.4. The summed E-state index contributed by atoms with van der Waals surface area (Å²) in [4.78, 5) is 17.0. The van der Waals surface area contributed by atoms with Gasteiger partial charge in [0.05, 0.1) is 10.9 Å². The second-order valence-electron chi connectivity index (χ2n) is 7.83. The van der Waals surface area contributed by atoms with Crippen LogP contribution < -0.4 is 16.1 Å². The largest absolute Gasteiger partial charge is 0.338 e. The summed E-state index contributed by atoms with van der Waals surface area (Å²) in [6.45, 7) is 4.53. The Hall–Kier alpha value is -2.42. The lowest BCUT2D eigenvalue weighted by Gasteiger charge is -2.38. The Kier molecular flexibility index (Phi) is 4.77. The number of rotatable bonds is 3. The van der Waals surface area contributed by atoms with Crippen LogP contribution in [0.15, 0.2) is 34.5 Å². The number of aryl methyl sites for hydroxylation is 1. The fourth-order valence-electron chi connectivity index (χ4n) is 4.35. The Morgan fingerprint density at radius 3 is 2.90 bits per heavy atom. The van der Waals surface area contributed by atoms with Gasteiger partial charge in [-0.25, -0.2) is 5.43 Å². The first-order valence-corrected chi connectivity index (χ1v) is 10.3. The van der Waals surface area contributed by atoms with Crippen LogP contribution in [0.5, 0.6) is 0 Å². The van der Waals surface area contributed by atoms with E-state index in [2.05, 4.69) is 31.2 Å². The highest BCUT2D eigenvalue weighted by Crippen LogP contribution is 2.35. The van der Waals surface area contributed by atoms with E-state index < -0.39 is 0 Å². The van der Waals surface area contributed by atoms with Crippen LogP contribution in [0.25, 0.3) is 11.4 Å². The van der Waals surface area contributed by atoms with E-state index in [-0.39, 0.29) is 18.0 Å². The molecular formula is C20H23ClN6O2. The standard InChI is InChI=1S/C20H23ClN6O2/c1-11-2-3-13(15(21)8-11)18-25-20(29-26-18)14-10-23-27-16(9-17(28)24-19(14)27)12-4-6-22-7-5-12/h2-3,8-9,12,14,19,22-23H,4-7,10H2,1H3,(H,24,28). The molecule has 1 amide bonds. The van der Waals surface area contributed by atoms with Crippen molar-refractivity contribution in [3.8, 4) is 11.4 Å². The number of carbonyl (C=O) groups is 1. The first kappa shape index (κ1) is 18.6. The summed E-state index contributed by atoms with van der Waals surface area (Å²) in [6, 6.07) is 5.74. The van der Waals surface area contributed by atoms with Gasteiger partial charge in [0.2, 0.25) is 17.6 Å². The van der Waals surface area contributed by atoms with Crippen molar-refractivity contribution in [1.82, 2.24) is 31.2 Å². The predicted octanol–water partition coefficient (Wildman–Crippen LogP) is 1.94. The summed E-state index contributed by atoms with van der Waals surface area (Å²) in [6.07, 6.45) is 3.50. The smallest absolute Gasteiger partial charge is 0.247 e. The molecule has 29 heavy (non-hydrogen) atoms. The molecule has 0 bridgehead atoms. The highest BCUT2D eigenvalue weighted by Gasteiger charge is 2.44. The molecule has 5 rings (SSSR count). The number of fused-ring (bicyclic) bond motifs is 1. The summed E-state index contributed by atoms with van der Waals surface area (Å²) in [7, 11) is 0. The predicted molar refractivity (Wildman–Crippen MR) is 108 cm³/mol. The number of hydrogen-bond acceptors (Lipinski definition) is 7. The molecular weight excluding hydrogens is 392 g/mol. The van der Waals surface area contributed by atoms with Crippen molar-refractivity contribution in [1.29, 1.82) is 0 Å². The van der Waals surface area contributed by atoms with Crippen molar-refractivity contribution in [2.45, 2.75) is 31.8 Å². The molecule has 2 fully saturated rings. The summed E-state index contributed by atoms with van der Waals surface area (Å²) in [5, 5.41) is 13.2. The fourth-order valence-corrected chi connectivity index (χ4v) is 4.67. The Labute approximate surface area is 173 Å². The number of hydrazine groups is 1. The third-order valence-electron chi connectivity index (χ3n) is 5.87. The number of aromatic nitrogens is 2. The summed E-state index contributed by atoms with van der Waals surface area (Å²) < 4.78 is 5.59. The summed E-state index contributed by atoms with van der Waals surface area (Å²) >= 11 is 6.36. The van der Waals surface area contributed by atoms with E-state index in [0.717, 1.165) is 42.8 Å². The third kappa shape index (κ3) is 3.41. The van der Waals surface area contributed by atoms with Crippen molar-refractivity contribution in [2.24, 2.45) is 5.92 Å². The van der Waals surface area contributed by atoms with Gasteiger partial charge < -0.3 is 15.2 Å². The molecule has 9 heteroatoms. The van der Waals surface area contributed by atoms with Crippen molar-refractivity contribution in [3.63, 3.8) is 0 Å². The molecule has 2 atom stereocenters. The van der Waals surface area contributed by atoms with Crippen LogP contribution in [-0.4, -0.2) is 46.9 Å². The van der Waals surface area contributed by atoms with Crippen LogP contribution in [0.1, 0.15) is 30.2 Å². The Balaban J connectivity index is 1.40. The van der Waals surface area contributed by atoms with E-state index in [1.54, 1.807) is 6.08 Å². The van der Waals surface area contributed by atoms with Crippen molar-refractivity contribution in [3.05, 3.63) is 46.4 Å². The maximum Gasteiger partial charge on any atom is 0.247 e. The second kappa shape index (κ2) is 7.44. The number of piperidine rings is 1. The number of carbonyl (C=O) groups excluding carboxylic acids is 1. The molecule has 0 spiro atoms. The lowest BCUT2D eigenvalue weighted by Crippen LogP contribution is -2.53. The minimum atomic E-state index is -0.251. The number of halogens is 1. The van der Waals surface area contributed by atoms with Crippen LogP contribution in [-0.2, 0) is 4.79 Å². The molecule has 0 radical (unpaired) electrons. The van der Waals surface area contributed by atoms with Crippen LogP contribution in [0.3, 0.4) is 0 Å². The lowest BCUT2D eigenvalue weighted by atomic mass is 9.92. The monoisotopic (exact) mass is 414 g/mol. The van der Waals surface area contributed by atoms with Gasteiger partial charge in [0, 0.05) is 29.8 Å². The lowest BCUT2D eigenvalue weighted by molar-refractivity contribution is -0.119. The minimum Gasteiger partial charge on any atom is -0.338 e. The van der Waals surface area contributed by atoms with Crippen molar-refractivity contribution in [2.75, 3.05) is 19.6 Å². The Bertz CT molecular complexity index is 968. The zero-order valence-corrected chi connectivity index (χ0v) is 16.9. The van der Waals surface area contributed by atoms with Crippen molar-refractivity contribution >= 4 is 17.5 Å². The molecule has 0 saturated carbocycles. The number of amides is 1. The van der Waals surface area contributed by atoms with E-state index in [4.69, 9.17) is 16.1 Å². The van der Waals surface area contributed by atoms with Crippen LogP contribution in [0, 0.1) is 12.8 Å². The van der Waals surface area contributed by atoms with E-state index in [1.807, 2.05) is 25.1 Å². The van der Waals surface area contributed by atoms with Crippen molar-refractivity contribution < 1.29 is 9.32 Å². The molecule has 1 aromatic heterocycles. The first-order chi connectivity index (χ1) is 14.1. The molecule has 2 aromatic rings. The molecule has 152 valence electrons. The van der Waals surface area contributed by atoms with E-state index in [1.165, 1.54) is 0 Å². The molecule has 3 N–H and O–H groups in total. The third-order valence-corrected chi connectivity index (χ3v) is 6.18.